The molecular weight excluding hydrogens is 300 g/mol. The second-order valence-corrected chi connectivity index (χ2v) is 7.85. The number of aliphatic carboxylic acids is 1. The summed E-state index contributed by atoms with van der Waals surface area (Å²) >= 11 is 1.59. The molecule has 0 aliphatic carbocycles. The van der Waals surface area contributed by atoms with Gasteiger partial charge in [0.2, 0.25) is 0 Å². The van der Waals surface area contributed by atoms with Crippen molar-refractivity contribution in [3.63, 3.8) is 0 Å². The number of nitrogens with zero attached hydrogens (tertiary/aromatic N) is 2. The van der Waals surface area contributed by atoms with Crippen LogP contribution in [0.2, 0.25) is 0 Å². The first kappa shape index (κ1) is 17.7. The Kier molecular flexibility index (Phi) is 6.77. The molecule has 1 N–H and O–H groups in total. The molecule has 8 heteroatoms. The Morgan fingerprint density at radius 3 is 2.65 bits per heavy atom. The molecule has 20 heavy (non-hydrogen) atoms. The predicted octanol–water partition coefficient (Wildman–Crippen LogP) is 1.24. The third-order valence-corrected chi connectivity index (χ3v) is 6.52. The summed E-state index contributed by atoms with van der Waals surface area (Å²) in [6.07, 6.45) is 4.51. The zero-order valence-electron chi connectivity index (χ0n) is 12.3. The average molecular weight is 324 g/mol. The number of piperidine rings is 1. The standard InChI is InChI=1S/C12H24N2O4S2/c1-4-10(9-19-3)13(2)20(17,18)14-8-6-5-7-11(14)12(15)16/h10-11H,4-9H2,1-3H3,(H,15,16). The zero-order valence-corrected chi connectivity index (χ0v) is 13.9. The largest absolute Gasteiger partial charge is 0.480 e. The molecular formula is C12H24N2O4S2. The van der Waals surface area contributed by atoms with Crippen molar-refractivity contribution in [2.75, 3.05) is 25.6 Å². The molecule has 2 atom stereocenters. The Morgan fingerprint density at radius 2 is 2.15 bits per heavy atom. The normalized spacial score (nSPS) is 22.9. The highest BCUT2D eigenvalue weighted by Gasteiger charge is 2.40. The molecule has 1 saturated heterocycles. The molecule has 0 bridgehead atoms. The van der Waals surface area contributed by atoms with Crippen molar-refractivity contribution < 1.29 is 18.3 Å². The van der Waals surface area contributed by atoms with Gasteiger partial charge in [-0.3, -0.25) is 4.79 Å². The molecule has 1 aliphatic heterocycles. The second-order valence-electron chi connectivity index (χ2n) is 5.00. The zero-order chi connectivity index (χ0) is 15.3. The minimum atomic E-state index is -3.72. The molecule has 0 aromatic heterocycles. The van der Waals surface area contributed by atoms with E-state index in [1.807, 2.05) is 13.2 Å². The van der Waals surface area contributed by atoms with E-state index in [0.717, 1.165) is 17.1 Å². The predicted molar refractivity (Wildman–Crippen MR) is 81.1 cm³/mol. The first-order valence-electron chi connectivity index (χ1n) is 6.82. The maximum Gasteiger partial charge on any atom is 0.322 e. The van der Waals surface area contributed by atoms with Gasteiger partial charge in [0.1, 0.15) is 6.04 Å². The van der Waals surface area contributed by atoms with Crippen molar-refractivity contribution in [1.29, 1.82) is 0 Å². The number of carbonyl (C=O) groups is 1. The van der Waals surface area contributed by atoms with E-state index in [2.05, 4.69) is 0 Å². The van der Waals surface area contributed by atoms with Crippen LogP contribution in [-0.4, -0.2) is 65.8 Å². The van der Waals surface area contributed by atoms with Crippen molar-refractivity contribution in [2.24, 2.45) is 0 Å². The first-order valence-corrected chi connectivity index (χ1v) is 9.61. The van der Waals surface area contributed by atoms with Gasteiger partial charge in [0.05, 0.1) is 0 Å². The molecule has 1 rings (SSSR count). The van der Waals surface area contributed by atoms with Crippen LogP contribution in [0.1, 0.15) is 32.6 Å². The molecule has 0 amide bonds. The van der Waals surface area contributed by atoms with E-state index < -0.39 is 22.2 Å². The summed E-state index contributed by atoms with van der Waals surface area (Å²) in [4.78, 5) is 11.3. The van der Waals surface area contributed by atoms with E-state index in [0.29, 0.717) is 25.1 Å². The average Bonchev–Trinajstić information content (AvgIpc) is 2.43. The monoisotopic (exact) mass is 324 g/mol. The van der Waals surface area contributed by atoms with Crippen molar-refractivity contribution in [3.05, 3.63) is 0 Å². The first-order chi connectivity index (χ1) is 9.36. The van der Waals surface area contributed by atoms with Crippen LogP contribution < -0.4 is 0 Å². The van der Waals surface area contributed by atoms with Crippen LogP contribution in [0.15, 0.2) is 0 Å². The number of hydrogen-bond donors (Lipinski definition) is 1. The molecule has 0 radical (unpaired) electrons. The topological polar surface area (TPSA) is 77.9 Å². The Balaban J connectivity index is 2.97. The number of hydrogen-bond acceptors (Lipinski definition) is 4. The summed E-state index contributed by atoms with van der Waals surface area (Å²) in [5.41, 5.74) is 0. The maximum absolute atomic E-state index is 12.7. The minimum Gasteiger partial charge on any atom is -0.480 e. The van der Waals surface area contributed by atoms with Crippen LogP contribution >= 0.6 is 11.8 Å². The number of rotatable bonds is 7. The number of carboxylic acids is 1. The summed E-state index contributed by atoms with van der Waals surface area (Å²) in [6, 6.07) is -1.03. The van der Waals surface area contributed by atoms with Crippen LogP contribution in [0.4, 0.5) is 0 Å². The minimum absolute atomic E-state index is 0.105. The molecule has 0 aromatic carbocycles. The Bertz CT molecular complexity index is 427. The smallest absolute Gasteiger partial charge is 0.322 e. The lowest BCUT2D eigenvalue weighted by Gasteiger charge is -2.37. The molecule has 118 valence electrons. The molecule has 0 aromatic rings. The fourth-order valence-corrected chi connectivity index (χ4v) is 5.20. The van der Waals surface area contributed by atoms with Crippen molar-refractivity contribution in [3.8, 4) is 0 Å². The fourth-order valence-electron chi connectivity index (χ4n) is 2.45. The van der Waals surface area contributed by atoms with Crippen molar-refractivity contribution >= 4 is 27.9 Å². The van der Waals surface area contributed by atoms with Gasteiger partial charge in [-0.25, -0.2) is 0 Å². The van der Waals surface area contributed by atoms with Crippen LogP contribution in [0.5, 0.6) is 0 Å². The molecule has 1 heterocycles. The van der Waals surface area contributed by atoms with Gasteiger partial charge in [0.15, 0.2) is 0 Å². The van der Waals surface area contributed by atoms with E-state index in [9.17, 15) is 18.3 Å². The van der Waals surface area contributed by atoms with E-state index >= 15 is 0 Å². The van der Waals surface area contributed by atoms with E-state index in [1.165, 1.54) is 4.31 Å². The van der Waals surface area contributed by atoms with Gasteiger partial charge in [0, 0.05) is 25.4 Å². The number of carboxylic acid groups (broad SMARTS) is 1. The second kappa shape index (κ2) is 7.63. The molecule has 1 fully saturated rings. The van der Waals surface area contributed by atoms with E-state index in [-0.39, 0.29) is 6.04 Å². The molecule has 0 saturated carbocycles. The van der Waals surface area contributed by atoms with Crippen LogP contribution in [-0.2, 0) is 15.0 Å². The van der Waals surface area contributed by atoms with Crippen molar-refractivity contribution in [1.82, 2.24) is 8.61 Å². The fraction of sp³-hybridized carbons (Fsp3) is 0.917. The van der Waals surface area contributed by atoms with Gasteiger partial charge in [-0.2, -0.15) is 28.8 Å². The summed E-state index contributed by atoms with van der Waals surface area (Å²) in [5.74, 6) is -0.350. The maximum atomic E-state index is 12.7. The quantitative estimate of drug-likeness (QED) is 0.762. The summed E-state index contributed by atoms with van der Waals surface area (Å²) < 4.78 is 27.8. The van der Waals surface area contributed by atoms with Crippen LogP contribution in [0.3, 0.4) is 0 Å². The van der Waals surface area contributed by atoms with Gasteiger partial charge < -0.3 is 5.11 Å². The Morgan fingerprint density at radius 1 is 1.50 bits per heavy atom. The lowest BCUT2D eigenvalue weighted by molar-refractivity contribution is -0.142. The van der Waals surface area contributed by atoms with Gasteiger partial charge in [-0.1, -0.05) is 6.92 Å². The van der Waals surface area contributed by atoms with Gasteiger partial charge in [-0.15, -0.1) is 0 Å². The van der Waals surface area contributed by atoms with E-state index in [4.69, 9.17) is 0 Å². The summed E-state index contributed by atoms with van der Waals surface area (Å²) in [5, 5.41) is 9.22. The third kappa shape index (κ3) is 3.87. The summed E-state index contributed by atoms with van der Waals surface area (Å²) in [7, 11) is -2.17. The Labute approximate surface area is 125 Å². The van der Waals surface area contributed by atoms with Crippen LogP contribution in [0, 0.1) is 0 Å². The van der Waals surface area contributed by atoms with Gasteiger partial charge >= 0.3 is 5.97 Å². The van der Waals surface area contributed by atoms with Crippen molar-refractivity contribution in [2.45, 2.75) is 44.7 Å². The highest BCUT2D eigenvalue weighted by molar-refractivity contribution is 7.98. The number of thioether (sulfide) groups is 1. The summed E-state index contributed by atoms with van der Waals surface area (Å²) in [6.45, 7) is 2.23. The lowest BCUT2D eigenvalue weighted by Crippen LogP contribution is -2.54. The molecule has 6 nitrogen and oxygen atoms in total. The molecule has 0 spiro atoms. The van der Waals surface area contributed by atoms with Gasteiger partial charge in [-0.05, 0) is 31.9 Å². The van der Waals surface area contributed by atoms with E-state index in [1.54, 1.807) is 18.8 Å². The highest BCUT2D eigenvalue weighted by atomic mass is 32.2. The lowest BCUT2D eigenvalue weighted by atomic mass is 10.1. The third-order valence-electron chi connectivity index (χ3n) is 3.74. The molecule has 2 unspecified atom stereocenters. The van der Waals surface area contributed by atoms with Crippen LogP contribution in [0.25, 0.3) is 0 Å². The SMILES string of the molecule is CCC(CSC)N(C)S(=O)(=O)N1CCCCC1C(=O)O. The highest BCUT2D eigenvalue weighted by Crippen LogP contribution is 2.24. The Hall–Kier alpha value is -0.310. The molecule has 1 aliphatic rings. The van der Waals surface area contributed by atoms with Gasteiger partial charge in [0.25, 0.3) is 10.2 Å².